The molecule has 0 aliphatic carbocycles. The van der Waals surface area contributed by atoms with Gasteiger partial charge in [-0.3, -0.25) is 0 Å². The van der Waals surface area contributed by atoms with E-state index in [9.17, 15) is 9.59 Å². The van der Waals surface area contributed by atoms with Gasteiger partial charge in [0, 0.05) is 0 Å². The van der Waals surface area contributed by atoms with Crippen LogP contribution in [0.3, 0.4) is 0 Å². The summed E-state index contributed by atoms with van der Waals surface area (Å²) in [4.78, 5) is 24.5. The number of esters is 2. The van der Waals surface area contributed by atoms with Gasteiger partial charge in [-0.05, 0) is 81.9 Å². The van der Waals surface area contributed by atoms with Crippen LogP contribution in [0.15, 0.2) is 108 Å². The molecule has 4 aromatic carbocycles. The Morgan fingerprint density at radius 2 is 1.44 bits per heavy atom. The molecule has 0 aliphatic rings. The van der Waals surface area contributed by atoms with Crippen LogP contribution in [0.4, 0.5) is 0 Å². The van der Waals surface area contributed by atoms with Crippen LogP contribution in [0.2, 0.25) is 0 Å². The second-order valence-corrected chi connectivity index (χ2v) is 8.88. The van der Waals surface area contributed by atoms with E-state index in [0.717, 1.165) is 28.4 Å². The molecule has 4 rings (SSSR count). The minimum atomic E-state index is -0.551. The molecule has 0 aromatic heterocycles. The Morgan fingerprint density at radius 3 is 2.14 bits per heavy atom. The van der Waals surface area contributed by atoms with Gasteiger partial charge in [0.15, 0.2) is 6.61 Å². The summed E-state index contributed by atoms with van der Waals surface area (Å²) in [6.07, 6.45) is 1.59. The quantitative estimate of drug-likeness (QED) is 0.123. The number of carbonyl (C=O) groups is 2. The molecule has 182 valence electrons. The zero-order valence-corrected chi connectivity index (χ0v) is 21.1. The molecule has 36 heavy (non-hydrogen) atoms. The fourth-order valence-corrected chi connectivity index (χ4v) is 4.05. The van der Waals surface area contributed by atoms with Gasteiger partial charge in [0.1, 0.15) is 11.5 Å². The molecule has 0 atom stereocenters. The van der Waals surface area contributed by atoms with Crippen molar-refractivity contribution in [1.82, 2.24) is 0 Å². The molecule has 0 spiro atoms. The standard InChI is InChI=1S/C30H25BrO5/c31-27-20-25(23-11-5-2-6-12-23)15-18-28(27)35-21-29(32)36-26-16-13-24(14-17-26)30(33)34-19-7-10-22-8-3-1-4-9-22/h1-6,8-9,11-18,20H,7,10,19,21H2. The highest BCUT2D eigenvalue weighted by Gasteiger charge is 2.11. The molecular formula is C30H25BrO5. The SMILES string of the molecule is O=C(COc1ccc(-c2ccccc2)cc1Br)Oc1ccc(C(=O)OCCCc2ccccc2)cc1. The van der Waals surface area contributed by atoms with Crippen molar-refractivity contribution in [1.29, 1.82) is 0 Å². The summed E-state index contributed by atoms with van der Waals surface area (Å²) >= 11 is 3.50. The van der Waals surface area contributed by atoms with E-state index < -0.39 is 11.9 Å². The predicted molar refractivity (Wildman–Crippen MR) is 142 cm³/mol. The molecule has 5 nitrogen and oxygen atoms in total. The average Bonchev–Trinajstić information content (AvgIpc) is 2.92. The summed E-state index contributed by atoms with van der Waals surface area (Å²) in [6.45, 7) is 0.0815. The maximum absolute atomic E-state index is 12.2. The van der Waals surface area contributed by atoms with Crippen molar-refractivity contribution in [3.8, 4) is 22.6 Å². The van der Waals surface area contributed by atoms with Crippen molar-refractivity contribution >= 4 is 27.9 Å². The van der Waals surface area contributed by atoms with Crippen LogP contribution in [0.1, 0.15) is 22.3 Å². The van der Waals surface area contributed by atoms with Crippen LogP contribution in [0.25, 0.3) is 11.1 Å². The molecular weight excluding hydrogens is 520 g/mol. The van der Waals surface area contributed by atoms with E-state index >= 15 is 0 Å². The van der Waals surface area contributed by atoms with E-state index in [1.807, 2.05) is 72.8 Å². The molecule has 0 aliphatic heterocycles. The van der Waals surface area contributed by atoms with E-state index in [2.05, 4.69) is 15.9 Å². The van der Waals surface area contributed by atoms with Gasteiger partial charge in [0.2, 0.25) is 0 Å². The first-order valence-corrected chi connectivity index (χ1v) is 12.4. The Hall–Kier alpha value is -3.90. The lowest BCUT2D eigenvalue weighted by molar-refractivity contribution is -0.136. The fraction of sp³-hybridized carbons (Fsp3) is 0.133. The first kappa shape index (κ1) is 25.2. The van der Waals surface area contributed by atoms with Crippen LogP contribution in [0.5, 0.6) is 11.5 Å². The molecule has 0 radical (unpaired) electrons. The zero-order valence-electron chi connectivity index (χ0n) is 19.6. The van der Waals surface area contributed by atoms with Crippen molar-refractivity contribution in [2.45, 2.75) is 12.8 Å². The molecule has 4 aromatic rings. The topological polar surface area (TPSA) is 61.8 Å². The summed E-state index contributed by atoms with van der Waals surface area (Å²) in [6, 6.07) is 32.0. The number of carbonyl (C=O) groups excluding carboxylic acids is 2. The normalized spacial score (nSPS) is 10.5. The first-order chi connectivity index (χ1) is 17.6. The molecule has 0 fully saturated rings. The van der Waals surface area contributed by atoms with E-state index in [-0.39, 0.29) is 6.61 Å². The van der Waals surface area contributed by atoms with Gasteiger partial charge in [-0.25, -0.2) is 9.59 Å². The number of hydrogen-bond donors (Lipinski definition) is 0. The maximum atomic E-state index is 12.2. The summed E-state index contributed by atoms with van der Waals surface area (Å²) in [5, 5.41) is 0. The second-order valence-electron chi connectivity index (χ2n) is 8.02. The molecule has 0 N–H and O–H groups in total. The predicted octanol–water partition coefficient (Wildman–Crippen LogP) is 6.89. The van der Waals surface area contributed by atoms with Crippen molar-refractivity contribution in [3.05, 3.63) is 119 Å². The monoisotopic (exact) mass is 544 g/mol. The summed E-state index contributed by atoms with van der Waals surface area (Å²) in [5.74, 6) is -0.0990. The van der Waals surface area contributed by atoms with E-state index in [1.165, 1.54) is 5.56 Å². The van der Waals surface area contributed by atoms with Gasteiger partial charge in [-0.1, -0.05) is 66.7 Å². The summed E-state index contributed by atoms with van der Waals surface area (Å²) < 4.78 is 17.0. The highest BCUT2D eigenvalue weighted by atomic mass is 79.9. The van der Waals surface area contributed by atoms with Gasteiger partial charge in [0.05, 0.1) is 16.6 Å². The lowest BCUT2D eigenvalue weighted by atomic mass is 10.1. The van der Waals surface area contributed by atoms with Crippen LogP contribution in [0, 0.1) is 0 Å². The number of benzene rings is 4. The highest BCUT2D eigenvalue weighted by Crippen LogP contribution is 2.30. The van der Waals surface area contributed by atoms with Crippen molar-refractivity contribution in [2.75, 3.05) is 13.2 Å². The van der Waals surface area contributed by atoms with Crippen LogP contribution < -0.4 is 9.47 Å². The van der Waals surface area contributed by atoms with Crippen LogP contribution >= 0.6 is 15.9 Å². The number of hydrogen-bond acceptors (Lipinski definition) is 5. The Labute approximate surface area is 218 Å². The molecule has 0 amide bonds. The lowest BCUT2D eigenvalue weighted by Gasteiger charge is -2.10. The van der Waals surface area contributed by atoms with E-state index in [0.29, 0.717) is 23.7 Å². The van der Waals surface area contributed by atoms with Gasteiger partial charge < -0.3 is 14.2 Å². The molecule has 6 heteroatoms. The fourth-order valence-electron chi connectivity index (χ4n) is 3.55. The van der Waals surface area contributed by atoms with E-state index in [4.69, 9.17) is 14.2 Å². The lowest BCUT2D eigenvalue weighted by Crippen LogP contribution is -2.18. The zero-order chi connectivity index (χ0) is 25.2. The van der Waals surface area contributed by atoms with E-state index in [1.54, 1.807) is 30.3 Å². The highest BCUT2D eigenvalue weighted by molar-refractivity contribution is 9.10. The van der Waals surface area contributed by atoms with Crippen molar-refractivity contribution in [2.24, 2.45) is 0 Å². The van der Waals surface area contributed by atoms with Gasteiger partial charge in [0.25, 0.3) is 0 Å². The van der Waals surface area contributed by atoms with Gasteiger partial charge >= 0.3 is 11.9 Å². The maximum Gasteiger partial charge on any atom is 0.349 e. The Morgan fingerprint density at radius 1 is 0.750 bits per heavy atom. The third-order valence-corrected chi connectivity index (χ3v) is 6.01. The molecule has 0 unspecified atom stereocenters. The first-order valence-electron chi connectivity index (χ1n) is 11.6. The summed E-state index contributed by atoms with van der Waals surface area (Å²) in [7, 11) is 0. The third kappa shape index (κ3) is 7.30. The largest absolute Gasteiger partial charge is 0.481 e. The molecule has 0 saturated heterocycles. The smallest absolute Gasteiger partial charge is 0.349 e. The van der Waals surface area contributed by atoms with Crippen LogP contribution in [-0.4, -0.2) is 25.2 Å². The van der Waals surface area contributed by atoms with Gasteiger partial charge in [-0.15, -0.1) is 0 Å². The molecule has 0 saturated carbocycles. The third-order valence-electron chi connectivity index (χ3n) is 5.39. The average molecular weight is 545 g/mol. The number of halogens is 1. The molecule has 0 bridgehead atoms. The molecule has 0 heterocycles. The summed E-state index contributed by atoms with van der Waals surface area (Å²) in [5.41, 5.74) is 3.73. The van der Waals surface area contributed by atoms with Crippen molar-refractivity contribution in [3.63, 3.8) is 0 Å². The Bertz CT molecular complexity index is 1290. The Kier molecular flexibility index (Phi) is 8.89. The second kappa shape index (κ2) is 12.7. The Balaban J connectivity index is 1.21. The number of ether oxygens (including phenoxy) is 3. The minimum absolute atomic E-state index is 0.255. The van der Waals surface area contributed by atoms with Crippen molar-refractivity contribution < 1.29 is 23.8 Å². The number of rotatable bonds is 10. The van der Waals surface area contributed by atoms with Gasteiger partial charge in [-0.2, -0.15) is 0 Å². The van der Waals surface area contributed by atoms with Crippen LogP contribution in [-0.2, 0) is 16.0 Å². The number of aryl methyl sites for hydroxylation is 1. The minimum Gasteiger partial charge on any atom is -0.481 e.